The van der Waals surface area contributed by atoms with Crippen LogP contribution in [0.1, 0.15) is 33.3 Å². The molecule has 0 aliphatic carbocycles. The van der Waals surface area contributed by atoms with E-state index in [9.17, 15) is 0 Å². The van der Waals surface area contributed by atoms with Crippen LogP contribution in [0.15, 0.2) is 18.2 Å². The van der Waals surface area contributed by atoms with E-state index < -0.39 is 0 Å². The Bertz CT molecular complexity index is 425. The summed E-state index contributed by atoms with van der Waals surface area (Å²) in [6.45, 7) is 9.84. The molecule has 100 valence electrons. The number of ether oxygens (including phenoxy) is 1. The molecule has 2 rings (SSSR count). The first-order valence-corrected chi connectivity index (χ1v) is 6.92. The Balaban J connectivity index is 1.89. The number of halogens is 1. The second-order valence-corrected chi connectivity index (χ2v) is 6.63. The first-order chi connectivity index (χ1) is 8.36. The summed E-state index contributed by atoms with van der Waals surface area (Å²) in [6, 6.07) is 6.32. The van der Waals surface area contributed by atoms with E-state index in [-0.39, 0.29) is 11.5 Å². The summed E-state index contributed by atoms with van der Waals surface area (Å²) in [5.41, 5.74) is 1.49. The standard InChI is InChI=1S/C15H22ClNO/c1-10(15(2,3)4)17-9-13-8-11-7-12(16)5-6-14(11)18-13/h5-7,10,13,17H,8-9H2,1-4H3. The van der Waals surface area contributed by atoms with Crippen LogP contribution in [0.4, 0.5) is 0 Å². The van der Waals surface area contributed by atoms with Crippen molar-refractivity contribution in [1.29, 1.82) is 0 Å². The van der Waals surface area contributed by atoms with Gasteiger partial charge in [0.1, 0.15) is 11.9 Å². The van der Waals surface area contributed by atoms with Gasteiger partial charge in [-0.25, -0.2) is 0 Å². The van der Waals surface area contributed by atoms with E-state index in [0.29, 0.717) is 6.04 Å². The predicted octanol–water partition coefficient (Wildman–Crippen LogP) is 3.67. The van der Waals surface area contributed by atoms with Crippen molar-refractivity contribution in [2.75, 3.05) is 6.54 Å². The average molecular weight is 268 g/mol. The normalized spacial score (nSPS) is 20.4. The zero-order valence-corrected chi connectivity index (χ0v) is 12.3. The molecule has 1 aliphatic rings. The molecule has 0 fully saturated rings. The Hall–Kier alpha value is -0.730. The maximum Gasteiger partial charge on any atom is 0.123 e. The number of hydrogen-bond donors (Lipinski definition) is 1. The summed E-state index contributed by atoms with van der Waals surface area (Å²) in [5.74, 6) is 0.981. The van der Waals surface area contributed by atoms with Crippen molar-refractivity contribution < 1.29 is 4.74 Å². The molecule has 1 aliphatic heterocycles. The number of benzene rings is 1. The van der Waals surface area contributed by atoms with Crippen molar-refractivity contribution in [2.24, 2.45) is 5.41 Å². The van der Waals surface area contributed by atoms with E-state index in [2.05, 4.69) is 33.0 Å². The molecular formula is C15H22ClNO. The van der Waals surface area contributed by atoms with E-state index in [1.54, 1.807) is 0 Å². The van der Waals surface area contributed by atoms with Gasteiger partial charge in [0, 0.05) is 24.0 Å². The van der Waals surface area contributed by atoms with E-state index in [0.717, 1.165) is 23.7 Å². The SMILES string of the molecule is CC(NCC1Cc2cc(Cl)ccc2O1)C(C)(C)C. The van der Waals surface area contributed by atoms with Gasteiger partial charge in [0.15, 0.2) is 0 Å². The van der Waals surface area contributed by atoms with Gasteiger partial charge in [-0.05, 0) is 36.1 Å². The van der Waals surface area contributed by atoms with E-state index in [1.807, 2.05) is 18.2 Å². The Morgan fingerprint density at radius 2 is 2.17 bits per heavy atom. The lowest BCUT2D eigenvalue weighted by atomic mass is 9.88. The van der Waals surface area contributed by atoms with E-state index in [1.165, 1.54) is 5.56 Å². The Labute approximate surface area is 115 Å². The maximum atomic E-state index is 5.99. The lowest BCUT2D eigenvalue weighted by Gasteiger charge is -2.29. The number of hydrogen-bond acceptors (Lipinski definition) is 2. The van der Waals surface area contributed by atoms with Crippen LogP contribution < -0.4 is 10.1 Å². The molecule has 3 heteroatoms. The van der Waals surface area contributed by atoms with Crippen LogP contribution in [0, 0.1) is 5.41 Å². The van der Waals surface area contributed by atoms with Crippen LogP contribution in [-0.2, 0) is 6.42 Å². The Morgan fingerprint density at radius 3 is 2.83 bits per heavy atom. The van der Waals surface area contributed by atoms with Gasteiger partial charge in [-0.1, -0.05) is 32.4 Å². The van der Waals surface area contributed by atoms with Crippen LogP contribution in [0.25, 0.3) is 0 Å². The molecule has 1 aromatic rings. The second-order valence-electron chi connectivity index (χ2n) is 6.19. The minimum absolute atomic E-state index is 0.225. The third kappa shape index (κ3) is 3.18. The smallest absolute Gasteiger partial charge is 0.123 e. The van der Waals surface area contributed by atoms with Crippen LogP contribution in [-0.4, -0.2) is 18.7 Å². The van der Waals surface area contributed by atoms with Gasteiger partial charge >= 0.3 is 0 Å². The molecule has 1 heterocycles. The number of fused-ring (bicyclic) bond motifs is 1. The van der Waals surface area contributed by atoms with Crippen molar-refractivity contribution in [3.05, 3.63) is 28.8 Å². The molecular weight excluding hydrogens is 246 g/mol. The molecule has 2 unspecified atom stereocenters. The second kappa shape index (κ2) is 5.10. The molecule has 0 bridgehead atoms. The quantitative estimate of drug-likeness (QED) is 0.902. The fourth-order valence-electron chi connectivity index (χ4n) is 2.02. The first-order valence-electron chi connectivity index (χ1n) is 6.55. The highest BCUT2D eigenvalue weighted by Crippen LogP contribution is 2.31. The van der Waals surface area contributed by atoms with Gasteiger partial charge < -0.3 is 10.1 Å². The molecule has 0 aromatic heterocycles. The summed E-state index contributed by atoms with van der Waals surface area (Å²) < 4.78 is 5.90. The average Bonchev–Trinajstić information content (AvgIpc) is 2.66. The van der Waals surface area contributed by atoms with Gasteiger partial charge in [-0.3, -0.25) is 0 Å². The maximum absolute atomic E-state index is 5.99. The summed E-state index contributed by atoms with van der Waals surface area (Å²) >= 11 is 5.99. The molecule has 18 heavy (non-hydrogen) atoms. The van der Waals surface area contributed by atoms with E-state index >= 15 is 0 Å². The van der Waals surface area contributed by atoms with Gasteiger partial charge in [0.2, 0.25) is 0 Å². The van der Waals surface area contributed by atoms with Crippen molar-refractivity contribution >= 4 is 11.6 Å². The molecule has 1 N–H and O–H groups in total. The van der Waals surface area contributed by atoms with Crippen molar-refractivity contribution in [2.45, 2.75) is 46.3 Å². The van der Waals surface area contributed by atoms with Crippen molar-refractivity contribution in [1.82, 2.24) is 5.32 Å². The lowest BCUT2D eigenvalue weighted by Crippen LogP contribution is -2.42. The highest BCUT2D eigenvalue weighted by molar-refractivity contribution is 6.30. The molecule has 0 saturated carbocycles. The topological polar surface area (TPSA) is 21.3 Å². The van der Waals surface area contributed by atoms with Crippen LogP contribution in [0.5, 0.6) is 5.75 Å². The highest BCUT2D eigenvalue weighted by atomic mass is 35.5. The molecule has 0 amide bonds. The minimum atomic E-state index is 0.225. The van der Waals surface area contributed by atoms with E-state index in [4.69, 9.17) is 16.3 Å². The van der Waals surface area contributed by atoms with Gasteiger partial charge in [0.25, 0.3) is 0 Å². The predicted molar refractivity (Wildman–Crippen MR) is 76.5 cm³/mol. The fraction of sp³-hybridized carbons (Fsp3) is 0.600. The Kier molecular flexibility index (Phi) is 3.88. The number of rotatable bonds is 3. The monoisotopic (exact) mass is 267 g/mol. The molecule has 1 aromatic carbocycles. The van der Waals surface area contributed by atoms with Gasteiger partial charge in [-0.2, -0.15) is 0 Å². The largest absolute Gasteiger partial charge is 0.488 e. The minimum Gasteiger partial charge on any atom is -0.488 e. The summed E-state index contributed by atoms with van der Waals surface area (Å²) in [4.78, 5) is 0. The Morgan fingerprint density at radius 1 is 1.44 bits per heavy atom. The van der Waals surface area contributed by atoms with Crippen LogP contribution >= 0.6 is 11.6 Å². The van der Waals surface area contributed by atoms with Crippen molar-refractivity contribution in [3.8, 4) is 5.75 Å². The van der Waals surface area contributed by atoms with Crippen molar-refractivity contribution in [3.63, 3.8) is 0 Å². The highest BCUT2D eigenvalue weighted by Gasteiger charge is 2.25. The molecule has 0 saturated heterocycles. The molecule has 2 nitrogen and oxygen atoms in total. The lowest BCUT2D eigenvalue weighted by molar-refractivity contribution is 0.200. The zero-order chi connectivity index (χ0) is 13.3. The molecule has 0 spiro atoms. The number of nitrogens with one attached hydrogen (secondary N) is 1. The zero-order valence-electron chi connectivity index (χ0n) is 11.6. The third-order valence-corrected chi connectivity index (χ3v) is 3.95. The fourth-order valence-corrected chi connectivity index (χ4v) is 2.21. The van der Waals surface area contributed by atoms with Gasteiger partial charge in [-0.15, -0.1) is 0 Å². The molecule has 2 atom stereocenters. The first kappa shape index (κ1) is 13.7. The summed E-state index contributed by atoms with van der Waals surface area (Å²) in [7, 11) is 0. The van der Waals surface area contributed by atoms with Gasteiger partial charge in [0.05, 0.1) is 0 Å². The van der Waals surface area contributed by atoms with Crippen LogP contribution in [0.3, 0.4) is 0 Å². The third-order valence-electron chi connectivity index (χ3n) is 3.71. The summed E-state index contributed by atoms with van der Waals surface area (Å²) in [5, 5.41) is 4.34. The molecule has 0 radical (unpaired) electrons. The van der Waals surface area contributed by atoms with Crippen LogP contribution in [0.2, 0.25) is 5.02 Å². The summed E-state index contributed by atoms with van der Waals surface area (Å²) in [6.07, 6.45) is 1.17.